The maximum atomic E-state index is 12.4. The van der Waals surface area contributed by atoms with Gasteiger partial charge in [-0.05, 0) is 6.07 Å². The van der Waals surface area contributed by atoms with Crippen molar-refractivity contribution in [3.05, 3.63) is 59.0 Å². The summed E-state index contributed by atoms with van der Waals surface area (Å²) in [6, 6.07) is 14.4. The molecule has 0 saturated carbocycles. The molecular weight excluding hydrogens is 280 g/mol. The van der Waals surface area contributed by atoms with Crippen LogP contribution in [-0.4, -0.2) is 12.2 Å². The third-order valence-electron chi connectivity index (χ3n) is 3.91. The number of rotatable bonds is 1. The Bertz CT molecular complexity index is 1090. The molecule has 1 N–H and O–H groups in total. The monoisotopic (exact) mass is 292 g/mol. The standard InChI is InChI=1S/C18H12O4/c1-21-17-11-7-3-2-6-10(11)16(19)14-12-8-4-5-9-13(12)22-18(20)15(14)17/h2-9,19H,1H3. The molecule has 22 heavy (non-hydrogen) atoms. The number of hydrogen-bond donors (Lipinski definition) is 1. The lowest BCUT2D eigenvalue weighted by Crippen LogP contribution is -2.03. The van der Waals surface area contributed by atoms with Gasteiger partial charge in [-0.25, -0.2) is 4.79 Å². The van der Waals surface area contributed by atoms with E-state index in [9.17, 15) is 9.90 Å². The largest absolute Gasteiger partial charge is 0.507 e. The van der Waals surface area contributed by atoms with E-state index in [-0.39, 0.29) is 11.1 Å². The summed E-state index contributed by atoms with van der Waals surface area (Å²) in [5, 5.41) is 13.4. The van der Waals surface area contributed by atoms with E-state index in [1.165, 1.54) is 7.11 Å². The Balaban J connectivity index is 2.44. The van der Waals surface area contributed by atoms with E-state index in [1.54, 1.807) is 18.2 Å². The van der Waals surface area contributed by atoms with Gasteiger partial charge in [-0.1, -0.05) is 42.5 Å². The fourth-order valence-corrected chi connectivity index (χ4v) is 2.97. The van der Waals surface area contributed by atoms with E-state index in [0.29, 0.717) is 32.9 Å². The van der Waals surface area contributed by atoms with Gasteiger partial charge in [-0.3, -0.25) is 0 Å². The summed E-state index contributed by atoms with van der Waals surface area (Å²) in [5.41, 5.74) is -0.0840. The molecule has 4 aromatic rings. The van der Waals surface area contributed by atoms with Gasteiger partial charge >= 0.3 is 5.63 Å². The molecule has 0 aliphatic carbocycles. The predicted molar refractivity (Wildman–Crippen MR) is 85.7 cm³/mol. The van der Waals surface area contributed by atoms with Crippen LogP contribution in [0.2, 0.25) is 0 Å². The molecule has 0 unspecified atom stereocenters. The second-order valence-electron chi connectivity index (χ2n) is 5.06. The molecule has 1 aromatic heterocycles. The molecular formula is C18H12O4. The van der Waals surface area contributed by atoms with Gasteiger partial charge in [0.25, 0.3) is 0 Å². The molecule has 0 aliphatic heterocycles. The van der Waals surface area contributed by atoms with E-state index in [2.05, 4.69) is 0 Å². The lowest BCUT2D eigenvalue weighted by molar-refractivity contribution is 0.421. The van der Waals surface area contributed by atoms with Crippen LogP contribution in [0.3, 0.4) is 0 Å². The number of para-hydroxylation sites is 1. The summed E-state index contributed by atoms with van der Waals surface area (Å²) in [6.07, 6.45) is 0. The summed E-state index contributed by atoms with van der Waals surface area (Å²) in [6.45, 7) is 0. The van der Waals surface area contributed by atoms with Gasteiger partial charge in [0.2, 0.25) is 0 Å². The van der Waals surface area contributed by atoms with Crippen molar-refractivity contribution in [3.8, 4) is 11.5 Å². The van der Waals surface area contributed by atoms with Crippen LogP contribution in [0.25, 0.3) is 32.5 Å². The number of hydrogen-bond acceptors (Lipinski definition) is 4. The highest BCUT2D eigenvalue weighted by Crippen LogP contribution is 2.43. The second kappa shape index (κ2) is 4.49. The van der Waals surface area contributed by atoms with E-state index >= 15 is 0 Å². The molecule has 1 heterocycles. The quantitative estimate of drug-likeness (QED) is 0.329. The smallest absolute Gasteiger partial charge is 0.348 e. The third-order valence-corrected chi connectivity index (χ3v) is 3.91. The van der Waals surface area contributed by atoms with Crippen molar-refractivity contribution in [1.29, 1.82) is 0 Å². The number of benzene rings is 3. The zero-order valence-corrected chi connectivity index (χ0v) is 11.8. The second-order valence-corrected chi connectivity index (χ2v) is 5.06. The van der Waals surface area contributed by atoms with Crippen LogP contribution in [-0.2, 0) is 0 Å². The minimum atomic E-state index is -0.522. The van der Waals surface area contributed by atoms with Crippen LogP contribution >= 0.6 is 0 Å². The molecule has 0 radical (unpaired) electrons. The van der Waals surface area contributed by atoms with Crippen molar-refractivity contribution in [2.45, 2.75) is 0 Å². The lowest BCUT2D eigenvalue weighted by Gasteiger charge is -2.12. The molecule has 3 aromatic carbocycles. The topological polar surface area (TPSA) is 59.7 Å². The SMILES string of the molecule is COc1c2ccccc2c(O)c2c1c(=O)oc1ccccc12. The van der Waals surface area contributed by atoms with Crippen molar-refractivity contribution < 1.29 is 14.3 Å². The maximum Gasteiger partial charge on any atom is 0.348 e. The van der Waals surface area contributed by atoms with E-state index < -0.39 is 5.63 Å². The van der Waals surface area contributed by atoms with Gasteiger partial charge in [0.05, 0.1) is 7.11 Å². The average molecular weight is 292 g/mol. The molecule has 0 aliphatic rings. The van der Waals surface area contributed by atoms with Crippen molar-refractivity contribution in [1.82, 2.24) is 0 Å². The lowest BCUT2D eigenvalue weighted by atomic mass is 9.99. The van der Waals surface area contributed by atoms with Crippen LogP contribution in [0.1, 0.15) is 0 Å². The molecule has 4 heteroatoms. The third kappa shape index (κ3) is 1.55. The highest BCUT2D eigenvalue weighted by Gasteiger charge is 2.20. The number of fused-ring (bicyclic) bond motifs is 4. The number of methoxy groups -OCH3 is 1. The number of ether oxygens (including phenoxy) is 1. The Kier molecular flexibility index (Phi) is 2.60. The van der Waals surface area contributed by atoms with Gasteiger partial charge in [0.15, 0.2) is 0 Å². The zero-order chi connectivity index (χ0) is 15.3. The van der Waals surface area contributed by atoms with E-state index in [0.717, 1.165) is 0 Å². The van der Waals surface area contributed by atoms with Gasteiger partial charge < -0.3 is 14.3 Å². The first-order valence-corrected chi connectivity index (χ1v) is 6.85. The summed E-state index contributed by atoms with van der Waals surface area (Å²) < 4.78 is 10.8. The van der Waals surface area contributed by atoms with E-state index in [4.69, 9.17) is 9.15 Å². The first-order chi connectivity index (χ1) is 10.7. The van der Waals surface area contributed by atoms with Crippen LogP contribution in [0.15, 0.2) is 57.7 Å². The molecule has 0 saturated heterocycles. The Hall–Kier alpha value is -3.01. The van der Waals surface area contributed by atoms with Gasteiger partial charge in [0.1, 0.15) is 22.5 Å². The van der Waals surface area contributed by atoms with Crippen molar-refractivity contribution in [3.63, 3.8) is 0 Å². The maximum absolute atomic E-state index is 12.4. The summed E-state index contributed by atoms with van der Waals surface area (Å²) in [7, 11) is 1.51. The fourth-order valence-electron chi connectivity index (χ4n) is 2.97. The van der Waals surface area contributed by atoms with Crippen LogP contribution < -0.4 is 10.4 Å². The van der Waals surface area contributed by atoms with Crippen molar-refractivity contribution >= 4 is 32.5 Å². The Morgan fingerprint density at radius 3 is 2.27 bits per heavy atom. The van der Waals surface area contributed by atoms with Crippen molar-refractivity contribution in [2.75, 3.05) is 7.11 Å². The summed E-state index contributed by atoms with van der Waals surface area (Å²) >= 11 is 0. The van der Waals surface area contributed by atoms with E-state index in [1.807, 2.05) is 30.3 Å². The Morgan fingerprint density at radius 1 is 0.909 bits per heavy atom. The number of phenolic OH excluding ortho intramolecular Hbond substituents is 1. The van der Waals surface area contributed by atoms with Crippen LogP contribution in [0.4, 0.5) is 0 Å². The summed E-state index contributed by atoms with van der Waals surface area (Å²) in [5.74, 6) is 0.485. The van der Waals surface area contributed by atoms with Gasteiger partial charge in [0, 0.05) is 21.5 Å². The molecule has 0 atom stereocenters. The highest BCUT2D eigenvalue weighted by molar-refractivity contribution is 6.18. The predicted octanol–water partition coefficient (Wildman–Crippen LogP) is 3.81. The molecule has 4 nitrogen and oxygen atoms in total. The van der Waals surface area contributed by atoms with Crippen LogP contribution in [0.5, 0.6) is 11.5 Å². The molecule has 108 valence electrons. The van der Waals surface area contributed by atoms with Gasteiger partial charge in [-0.2, -0.15) is 0 Å². The number of aromatic hydroxyl groups is 1. The fraction of sp³-hybridized carbons (Fsp3) is 0.0556. The van der Waals surface area contributed by atoms with Crippen molar-refractivity contribution in [2.24, 2.45) is 0 Å². The molecule has 0 fully saturated rings. The Labute approximate surface area is 125 Å². The highest BCUT2D eigenvalue weighted by atomic mass is 16.5. The molecule has 0 bridgehead atoms. The first kappa shape index (κ1) is 12.7. The normalized spacial score (nSPS) is 11.3. The summed E-state index contributed by atoms with van der Waals surface area (Å²) in [4.78, 5) is 12.4. The zero-order valence-electron chi connectivity index (χ0n) is 11.8. The Morgan fingerprint density at radius 2 is 1.55 bits per heavy atom. The van der Waals surface area contributed by atoms with Gasteiger partial charge in [-0.15, -0.1) is 0 Å². The minimum absolute atomic E-state index is 0.0653. The molecule has 0 amide bonds. The first-order valence-electron chi connectivity index (χ1n) is 6.85. The average Bonchev–Trinajstić information content (AvgIpc) is 2.55. The molecule has 0 spiro atoms. The number of phenols is 1. The molecule has 4 rings (SSSR count). The minimum Gasteiger partial charge on any atom is -0.507 e. The van der Waals surface area contributed by atoms with Crippen LogP contribution in [0, 0.1) is 0 Å².